The van der Waals surface area contributed by atoms with Gasteiger partial charge in [-0.2, -0.15) is 5.26 Å². The van der Waals surface area contributed by atoms with Crippen LogP contribution < -0.4 is 20.1 Å². The molecule has 0 radical (unpaired) electrons. The number of hydrogen-bond acceptors (Lipinski definition) is 6. The normalized spacial score (nSPS) is 9.89. The van der Waals surface area contributed by atoms with E-state index in [1.165, 1.54) is 6.20 Å². The van der Waals surface area contributed by atoms with E-state index in [0.29, 0.717) is 34.0 Å². The molecule has 2 N–H and O–H groups in total. The van der Waals surface area contributed by atoms with Crippen LogP contribution in [0.15, 0.2) is 60.9 Å². The number of nitrogens with one attached hydrogen (secondary N) is 2. The van der Waals surface area contributed by atoms with E-state index in [1.54, 1.807) is 62.9 Å². The van der Waals surface area contributed by atoms with Crippen LogP contribution in [0.4, 0.5) is 17.1 Å². The number of hydrogen-bond donors (Lipinski definition) is 2. The van der Waals surface area contributed by atoms with Gasteiger partial charge in [-0.25, -0.2) is 0 Å². The topological polar surface area (TPSA) is 96.3 Å². The van der Waals surface area contributed by atoms with E-state index in [0.717, 1.165) is 5.69 Å². The van der Waals surface area contributed by atoms with Crippen LogP contribution in [0.1, 0.15) is 15.9 Å². The maximum Gasteiger partial charge on any atom is 0.257 e. The lowest BCUT2D eigenvalue weighted by molar-refractivity contribution is 0.102. The fourth-order valence-corrected chi connectivity index (χ4v) is 2.58. The Hall–Kier alpha value is -4.05. The van der Waals surface area contributed by atoms with Gasteiger partial charge in [0.15, 0.2) is 11.5 Å². The summed E-state index contributed by atoms with van der Waals surface area (Å²) in [7, 11) is 3.14. The highest BCUT2D eigenvalue weighted by atomic mass is 16.5. The van der Waals surface area contributed by atoms with Gasteiger partial charge in [-0.3, -0.25) is 9.78 Å². The molecule has 0 atom stereocenters. The maximum absolute atomic E-state index is 12.5. The number of methoxy groups -OCH3 is 2. The van der Waals surface area contributed by atoms with Crippen LogP contribution >= 0.6 is 0 Å². The third-order valence-corrected chi connectivity index (χ3v) is 3.92. The van der Waals surface area contributed by atoms with Gasteiger partial charge in [-0.15, -0.1) is 0 Å². The van der Waals surface area contributed by atoms with Gasteiger partial charge in [0.2, 0.25) is 0 Å². The zero-order valence-corrected chi connectivity index (χ0v) is 15.4. The summed E-state index contributed by atoms with van der Waals surface area (Å²) in [6.07, 6.45) is 3.09. The highest BCUT2D eigenvalue weighted by molar-refractivity contribution is 6.04. The first-order chi connectivity index (χ1) is 13.6. The third kappa shape index (κ3) is 4.37. The number of amides is 1. The monoisotopic (exact) mass is 374 g/mol. The first-order valence-corrected chi connectivity index (χ1v) is 8.38. The molecule has 3 rings (SSSR count). The van der Waals surface area contributed by atoms with E-state index >= 15 is 0 Å². The summed E-state index contributed by atoms with van der Waals surface area (Å²) >= 11 is 0. The number of benzene rings is 2. The van der Waals surface area contributed by atoms with Gasteiger partial charge in [-0.1, -0.05) is 6.07 Å². The van der Waals surface area contributed by atoms with Crippen molar-refractivity contribution in [1.29, 1.82) is 5.26 Å². The molecule has 0 saturated carbocycles. The summed E-state index contributed by atoms with van der Waals surface area (Å²) in [5, 5.41) is 14.9. The molecule has 0 bridgehead atoms. The van der Waals surface area contributed by atoms with Crippen LogP contribution in [0.25, 0.3) is 0 Å². The Bertz CT molecular complexity index is 1040. The highest BCUT2D eigenvalue weighted by Crippen LogP contribution is 2.31. The molecule has 1 amide bonds. The Kier molecular flexibility index (Phi) is 5.72. The lowest BCUT2D eigenvalue weighted by atomic mass is 10.2. The second-order valence-corrected chi connectivity index (χ2v) is 5.80. The number of anilines is 3. The fraction of sp³-hybridized carbons (Fsp3) is 0.0952. The smallest absolute Gasteiger partial charge is 0.257 e. The Balaban J connectivity index is 1.76. The van der Waals surface area contributed by atoms with Crippen molar-refractivity contribution in [3.05, 3.63) is 72.1 Å². The van der Waals surface area contributed by atoms with Gasteiger partial charge in [0.05, 0.1) is 43.3 Å². The van der Waals surface area contributed by atoms with E-state index < -0.39 is 0 Å². The Labute approximate surface area is 162 Å². The first-order valence-electron chi connectivity index (χ1n) is 8.38. The summed E-state index contributed by atoms with van der Waals surface area (Å²) in [5.74, 6) is 0.893. The van der Waals surface area contributed by atoms with Gasteiger partial charge in [0.1, 0.15) is 0 Å². The largest absolute Gasteiger partial charge is 0.493 e. The minimum atomic E-state index is -0.321. The quantitative estimate of drug-likeness (QED) is 0.678. The van der Waals surface area contributed by atoms with Crippen LogP contribution in [-0.4, -0.2) is 25.1 Å². The predicted molar refractivity (Wildman–Crippen MR) is 106 cm³/mol. The summed E-state index contributed by atoms with van der Waals surface area (Å²) in [6, 6.07) is 15.8. The van der Waals surface area contributed by atoms with Gasteiger partial charge >= 0.3 is 0 Å². The van der Waals surface area contributed by atoms with E-state index in [-0.39, 0.29) is 5.91 Å². The number of pyridine rings is 1. The van der Waals surface area contributed by atoms with E-state index in [2.05, 4.69) is 15.6 Å². The molecule has 3 aromatic rings. The zero-order valence-electron chi connectivity index (χ0n) is 15.4. The summed E-state index contributed by atoms with van der Waals surface area (Å²) in [5.41, 5.74) is 2.80. The summed E-state index contributed by atoms with van der Waals surface area (Å²) in [4.78, 5) is 16.6. The third-order valence-electron chi connectivity index (χ3n) is 3.92. The second-order valence-electron chi connectivity index (χ2n) is 5.80. The first kappa shape index (κ1) is 18.7. The molecule has 0 aliphatic carbocycles. The molecule has 0 unspecified atom stereocenters. The summed E-state index contributed by atoms with van der Waals surface area (Å²) < 4.78 is 10.5. The lowest BCUT2D eigenvalue weighted by Gasteiger charge is -2.12. The van der Waals surface area contributed by atoms with Gasteiger partial charge in [0, 0.05) is 23.6 Å². The molecule has 28 heavy (non-hydrogen) atoms. The van der Waals surface area contributed by atoms with Crippen molar-refractivity contribution >= 4 is 23.0 Å². The van der Waals surface area contributed by atoms with Crippen molar-refractivity contribution in [2.45, 2.75) is 0 Å². The standard InChI is InChI=1S/C21H18N4O3/c1-27-19-7-6-17(10-20(19)28-2)24-18-9-15(12-23-13-18)21(26)25-16-5-3-4-14(8-16)11-22/h3-10,12-13,24H,1-2H3,(H,25,26). The molecule has 7 heteroatoms. The molecular formula is C21H18N4O3. The molecule has 1 aromatic heterocycles. The molecule has 0 aliphatic heterocycles. The van der Waals surface area contributed by atoms with Crippen molar-refractivity contribution in [1.82, 2.24) is 4.98 Å². The van der Waals surface area contributed by atoms with Crippen LogP contribution in [0.3, 0.4) is 0 Å². The minimum Gasteiger partial charge on any atom is -0.493 e. The van der Waals surface area contributed by atoms with Crippen molar-refractivity contribution in [3.63, 3.8) is 0 Å². The Morgan fingerprint density at radius 1 is 0.964 bits per heavy atom. The molecule has 0 saturated heterocycles. The molecule has 0 aliphatic rings. The molecule has 7 nitrogen and oxygen atoms in total. The highest BCUT2D eigenvalue weighted by Gasteiger charge is 2.09. The zero-order chi connectivity index (χ0) is 19.9. The number of nitrogens with zero attached hydrogens (tertiary/aromatic N) is 2. The van der Waals surface area contributed by atoms with E-state index in [4.69, 9.17) is 14.7 Å². The Morgan fingerprint density at radius 3 is 2.54 bits per heavy atom. The van der Waals surface area contributed by atoms with Crippen molar-refractivity contribution in [2.24, 2.45) is 0 Å². The van der Waals surface area contributed by atoms with Crippen molar-refractivity contribution in [2.75, 3.05) is 24.9 Å². The number of rotatable bonds is 6. The van der Waals surface area contributed by atoms with Crippen LogP contribution in [0.5, 0.6) is 11.5 Å². The molecular weight excluding hydrogens is 356 g/mol. The number of aromatic nitrogens is 1. The number of ether oxygens (including phenoxy) is 2. The molecule has 0 fully saturated rings. The average Bonchev–Trinajstić information content (AvgIpc) is 2.74. The van der Waals surface area contributed by atoms with Gasteiger partial charge in [-0.05, 0) is 36.4 Å². The van der Waals surface area contributed by atoms with Crippen LogP contribution in [0.2, 0.25) is 0 Å². The van der Waals surface area contributed by atoms with Gasteiger partial charge in [0.25, 0.3) is 5.91 Å². The second kappa shape index (κ2) is 8.56. The molecule has 2 aromatic carbocycles. The minimum absolute atomic E-state index is 0.321. The van der Waals surface area contributed by atoms with E-state index in [9.17, 15) is 4.79 Å². The number of carbonyl (C=O) groups is 1. The van der Waals surface area contributed by atoms with Crippen LogP contribution in [-0.2, 0) is 0 Å². The average molecular weight is 374 g/mol. The lowest BCUT2D eigenvalue weighted by Crippen LogP contribution is -2.12. The Morgan fingerprint density at radius 2 is 1.79 bits per heavy atom. The van der Waals surface area contributed by atoms with E-state index in [1.807, 2.05) is 12.1 Å². The summed E-state index contributed by atoms with van der Waals surface area (Å²) in [6.45, 7) is 0. The SMILES string of the molecule is COc1ccc(Nc2cncc(C(=O)Nc3cccc(C#N)c3)c2)cc1OC. The van der Waals surface area contributed by atoms with Gasteiger partial charge < -0.3 is 20.1 Å². The number of nitriles is 1. The maximum atomic E-state index is 12.5. The van der Waals surface area contributed by atoms with Crippen molar-refractivity contribution in [3.8, 4) is 17.6 Å². The number of carbonyl (C=O) groups excluding carboxylic acids is 1. The fourth-order valence-electron chi connectivity index (χ4n) is 2.58. The molecule has 140 valence electrons. The molecule has 1 heterocycles. The van der Waals surface area contributed by atoms with Crippen LogP contribution in [0, 0.1) is 11.3 Å². The molecule has 0 spiro atoms. The van der Waals surface area contributed by atoms with Crippen molar-refractivity contribution < 1.29 is 14.3 Å². The predicted octanol–water partition coefficient (Wildman–Crippen LogP) is 3.97.